The van der Waals surface area contributed by atoms with Gasteiger partial charge in [0.2, 0.25) is 20.0 Å². The molecule has 2 fully saturated rings. The van der Waals surface area contributed by atoms with Gasteiger partial charge in [-0.15, -0.1) is 0 Å². The standard InChI is InChI=1S/C33H50N4O9S2/c1-33(2,16-8-9-17-35-47(4,41)42)23-36(48(43,44)26-14-10-13-25(20-26)34-3)21-30(38)28(19-24-11-6-5-7-12-24)37(32(39)40)29-22-46-31-27(29)15-18-45-31/h5-7,10-14,20,27-31,34-35,38H,8-9,15-19,21-23H2,1-4H3,(H,39,40)/t27-,28-,29-,30+,31+/m0/s1. The SMILES string of the molecule is CNc1cccc(S(=O)(=O)N(C[C@@H](O)[C@H](Cc2ccccc2)N(C(=O)O)[C@H]2CO[C@H]3OCC[C@H]32)CC(C)(C)CCCCNS(C)(=O)=O)c1. The highest BCUT2D eigenvalue weighted by atomic mass is 32.2. The van der Waals surface area contributed by atoms with Crippen molar-refractivity contribution in [2.24, 2.45) is 11.3 Å². The molecule has 4 N–H and O–H groups in total. The number of carboxylic acid groups (broad SMARTS) is 1. The lowest BCUT2D eigenvalue weighted by Gasteiger charge is -2.40. The number of aliphatic hydroxyl groups is 1. The fourth-order valence-electron chi connectivity index (χ4n) is 6.62. The smallest absolute Gasteiger partial charge is 0.407 e. The molecule has 2 aromatic carbocycles. The molecule has 15 heteroatoms. The van der Waals surface area contributed by atoms with E-state index in [2.05, 4.69) is 10.0 Å². The first-order valence-corrected chi connectivity index (χ1v) is 19.6. The first kappa shape index (κ1) is 38.0. The summed E-state index contributed by atoms with van der Waals surface area (Å²) in [7, 11) is -5.79. The Labute approximate surface area is 284 Å². The number of ether oxygens (including phenoxy) is 2. The molecule has 0 radical (unpaired) electrons. The molecule has 5 atom stereocenters. The molecule has 2 aliphatic rings. The molecule has 268 valence electrons. The number of rotatable bonds is 18. The second-order valence-corrected chi connectivity index (χ2v) is 17.2. The van der Waals surface area contributed by atoms with E-state index in [1.54, 1.807) is 19.2 Å². The summed E-state index contributed by atoms with van der Waals surface area (Å²) in [6.45, 7) is 4.36. The van der Waals surface area contributed by atoms with E-state index in [1.807, 2.05) is 44.2 Å². The van der Waals surface area contributed by atoms with Gasteiger partial charge in [0.25, 0.3) is 0 Å². The van der Waals surface area contributed by atoms with Crippen molar-refractivity contribution in [2.75, 3.05) is 51.5 Å². The highest BCUT2D eigenvalue weighted by molar-refractivity contribution is 7.89. The van der Waals surface area contributed by atoms with Crippen LogP contribution >= 0.6 is 0 Å². The van der Waals surface area contributed by atoms with E-state index >= 15 is 0 Å². The van der Waals surface area contributed by atoms with Crippen LogP contribution in [-0.2, 0) is 35.9 Å². The molecule has 1 amide bonds. The molecule has 0 aromatic heterocycles. The van der Waals surface area contributed by atoms with Gasteiger partial charge in [0, 0.05) is 38.3 Å². The molecule has 0 bridgehead atoms. The summed E-state index contributed by atoms with van der Waals surface area (Å²) in [4.78, 5) is 14.3. The molecule has 0 aliphatic carbocycles. The van der Waals surface area contributed by atoms with Crippen LogP contribution in [0.4, 0.5) is 10.5 Å². The van der Waals surface area contributed by atoms with Crippen LogP contribution in [0, 0.1) is 11.3 Å². The minimum absolute atomic E-state index is 0.0336. The van der Waals surface area contributed by atoms with E-state index < -0.39 is 56.0 Å². The zero-order valence-electron chi connectivity index (χ0n) is 28.1. The summed E-state index contributed by atoms with van der Waals surface area (Å²) < 4.78 is 66.8. The molecular formula is C33H50N4O9S2. The number of hydrogen-bond acceptors (Lipinski definition) is 9. The number of amides is 1. The minimum Gasteiger partial charge on any atom is -0.465 e. The Balaban J connectivity index is 1.65. The Morgan fingerprint density at radius 2 is 1.79 bits per heavy atom. The number of anilines is 1. The maximum Gasteiger partial charge on any atom is 0.407 e. The number of aliphatic hydroxyl groups excluding tert-OH is 1. The number of hydrogen-bond donors (Lipinski definition) is 4. The zero-order valence-corrected chi connectivity index (χ0v) is 29.8. The summed E-state index contributed by atoms with van der Waals surface area (Å²) in [5, 5.41) is 25.6. The van der Waals surface area contributed by atoms with Crippen molar-refractivity contribution in [3.8, 4) is 0 Å². The maximum absolute atomic E-state index is 14.3. The topological polar surface area (TPSA) is 175 Å². The van der Waals surface area contributed by atoms with Crippen LogP contribution in [0.2, 0.25) is 0 Å². The summed E-state index contributed by atoms with van der Waals surface area (Å²) >= 11 is 0. The normalized spacial score (nSPS) is 21.2. The fraction of sp³-hybridized carbons (Fsp3) is 0.606. The first-order chi connectivity index (χ1) is 22.6. The van der Waals surface area contributed by atoms with Gasteiger partial charge in [-0.1, -0.05) is 56.7 Å². The van der Waals surface area contributed by atoms with Crippen LogP contribution in [0.1, 0.15) is 45.1 Å². The largest absolute Gasteiger partial charge is 0.465 e. The number of benzene rings is 2. The molecule has 2 saturated heterocycles. The fourth-order valence-corrected chi connectivity index (χ4v) is 8.82. The van der Waals surface area contributed by atoms with Crippen LogP contribution in [0.15, 0.2) is 59.5 Å². The van der Waals surface area contributed by atoms with E-state index in [1.165, 1.54) is 21.3 Å². The molecule has 2 heterocycles. The monoisotopic (exact) mass is 710 g/mol. The van der Waals surface area contributed by atoms with Crippen molar-refractivity contribution < 1.29 is 41.3 Å². The Morgan fingerprint density at radius 1 is 1.06 bits per heavy atom. The Morgan fingerprint density at radius 3 is 2.46 bits per heavy atom. The third-order valence-electron chi connectivity index (χ3n) is 9.08. The van der Waals surface area contributed by atoms with E-state index in [9.17, 15) is 31.8 Å². The van der Waals surface area contributed by atoms with E-state index in [0.29, 0.717) is 38.0 Å². The van der Waals surface area contributed by atoms with Gasteiger partial charge in [-0.25, -0.2) is 26.4 Å². The molecule has 13 nitrogen and oxygen atoms in total. The molecule has 0 saturated carbocycles. The third-order valence-corrected chi connectivity index (χ3v) is 11.6. The van der Waals surface area contributed by atoms with Crippen molar-refractivity contribution in [2.45, 2.75) is 75.3 Å². The minimum atomic E-state index is -4.17. The molecule has 0 unspecified atom stereocenters. The summed E-state index contributed by atoms with van der Waals surface area (Å²) in [5.41, 5.74) is 0.820. The number of fused-ring (bicyclic) bond motifs is 1. The second kappa shape index (κ2) is 16.3. The van der Waals surface area contributed by atoms with Gasteiger partial charge in [-0.3, -0.25) is 4.90 Å². The van der Waals surface area contributed by atoms with E-state index in [0.717, 1.165) is 11.8 Å². The average molecular weight is 711 g/mol. The molecule has 2 aromatic rings. The number of unbranched alkanes of at least 4 members (excludes halogenated alkanes) is 1. The third kappa shape index (κ3) is 10.1. The van der Waals surface area contributed by atoms with Crippen LogP contribution in [0.5, 0.6) is 0 Å². The van der Waals surface area contributed by atoms with Gasteiger partial charge < -0.3 is 25.0 Å². The predicted molar refractivity (Wildman–Crippen MR) is 183 cm³/mol. The predicted octanol–water partition coefficient (Wildman–Crippen LogP) is 3.18. The molecular weight excluding hydrogens is 661 g/mol. The highest BCUT2D eigenvalue weighted by Crippen LogP contribution is 2.36. The Bertz CT molecular complexity index is 1570. The average Bonchev–Trinajstić information content (AvgIpc) is 3.65. The molecule has 0 spiro atoms. The summed E-state index contributed by atoms with van der Waals surface area (Å²) in [6.07, 6.45) is 0.506. The maximum atomic E-state index is 14.3. The van der Waals surface area contributed by atoms with Crippen molar-refractivity contribution in [3.05, 3.63) is 60.2 Å². The Kier molecular flexibility index (Phi) is 12.9. The van der Waals surface area contributed by atoms with Gasteiger partial charge in [-0.2, -0.15) is 4.31 Å². The van der Waals surface area contributed by atoms with Crippen LogP contribution in [0.25, 0.3) is 0 Å². The number of nitrogens with one attached hydrogen (secondary N) is 2. The van der Waals surface area contributed by atoms with E-state index in [4.69, 9.17) is 9.47 Å². The van der Waals surface area contributed by atoms with Gasteiger partial charge in [-0.05, 0) is 54.9 Å². The van der Waals surface area contributed by atoms with Crippen molar-refractivity contribution >= 4 is 31.8 Å². The van der Waals surface area contributed by atoms with Gasteiger partial charge in [0.05, 0.1) is 42.6 Å². The zero-order chi connectivity index (χ0) is 35.1. The number of sulfonamides is 2. The van der Waals surface area contributed by atoms with E-state index in [-0.39, 0.29) is 43.5 Å². The van der Waals surface area contributed by atoms with Crippen LogP contribution in [-0.4, -0.2) is 113 Å². The first-order valence-electron chi connectivity index (χ1n) is 16.3. The van der Waals surface area contributed by atoms with Crippen molar-refractivity contribution in [3.63, 3.8) is 0 Å². The number of carbonyl (C=O) groups is 1. The molecule has 2 aliphatic heterocycles. The highest BCUT2D eigenvalue weighted by Gasteiger charge is 2.49. The van der Waals surface area contributed by atoms with Crippen molar-refractivity contribution in [1.82, 2.24) is 13.9 Å². The van der Waals surface area contributed by atoms with Crippen LogP contribution in [0.3, 0.4) is 0 Å². The van der Waals surface area contributed by atoms with Gasteiger partial charge in [0.15, 0.2) is 6.29 Å². The lowest BCUT2D eigenvalue weighted by Crippen LogP contribution is -2.58. The second-order valence-electron chi connectivity index (χ2n) is 13.5. The van der Waals surface area contributed by atoms with Gasteiger partial charge >= 0.3 is 6.09 Å². The lowest BCUT2D eigenvalue weighted by molar-refractivity contribution is -0.0906. The molecule has 48 heavy (non-hydrogen) atoms. The summed E-state index contributed by atoms with van der Waals surface area (Å²) in [5.74, 6) is -0.202. The Hall–Kier alpha value is -2.79. The van der Waals surface area contributed by atoms with Crippen molar-refractivity contribution in [1.29, 1.82) is 0 Å². The quantitative estimate of drug-likeness (QED) is 0.168. The molecule has 4 rings (SSSR count). The van der Waals surface area contributed by atoms with Crippen LogP contribution < -0.4 is 10.0 Å². The lowest BCUT2D eigenvalue weighted by atomic mass is 9.87. The summed E-state index contributed by atoms with van der Waals surface area (Å²) in [6, 6.07) is 14.1. The number of nitrogens with zero attached hydrogens (tertiary/aromatic N) is 2. The van der Waals surface area contributed by atoms with Gasteiger partial charge in [0.1, 0.15) is 0 Å².